The maximum absolute atomic E-state index is 13.1. The van der Waals surface area contributed by atoms with E-state index in [0.717, 1.165) is 13.0 Å². The van der Waals surface area contributed by atoms with Gasteiger partial charge in [0.2, 0.25) is 0 Å². The third-order valence-electron chi connectivity index (χ3n) is 4.98. The molecule has 3 rings (SSSR count). The molecule has 0 bridgehead atoms. The Labute approximate surface area is 170 Å². The van der Waals surface area contributed by atoms with Gasteiger partial charge in [0.1, 0.15) is 5.82 Å². The molecule has 0 aliphatic heterocycles. The fourth-order valence-electron chi connectivity index (χ4n) is 3.38. The molecule has 0 spiro atoms. The summed E-state index contributed by atoms with van der Waals surface area (Å²) in [5.74, 6) is 0.411. The maximum atomic E-state index is 13.1. The average Bonchev–Trinajstić information content (AvgIpc) is 2.75. The van der Waals surface area contributed by atoms with Crippen molar-refractivity contribution in [3.8, 4) is 0 Å². The Bertz CT molecular complexity index is 1010. The number of para-hydroxylation sites is 1. The predicted octanol–water partition coefficient (Wildman–Crippen LogP) is 3.24. The Morgan fingerprint density at radius 1 is 1.14 bits per heavy atom. The molecule has 1 atom stereocenters. The van der Waals surface area contributed by atoms with Crippen LogP contribution >= 0.6 is 0 Å². The third kappa shape index (κ3) is 5.29. The molecular formula is C23H27N3O3. The predicted molar refractivity (Wildman–Crippen MR) is 114 cm³/mol. The van der Waals surface area contributed by atoms with E-state index in [1.54, 1.807) is 10.6 Å². The van der Waals surface area contributed by atoms with E-state index >= 15 is 0 Å². The van der Waals surface area contributed by atoms with Crippen molar-refractivity contribution in [1.29, 1.82) is 0 Å². The first-order valence-electron chi connectivity index (χ1n) is 9.93. The highest BCUT2D eigenvalue weighted by Gasteiger charge is 2.16. The molecule has 29 heavy (non-hydrogen) atoms. The molecule has 1 heterocycles. The van der Waals surface area contributed by atoms with E-state index in [-0.39, 0.29) is 24.0 Å². The van der Waals surface area contributed by atoms with Crippen LogP contribution in [0.1, 0.15) is 37.2 Å². The SMILES string of the molecule is COC(=O)CCCn1c(C(C)NCCc2ccccc2)nc2ccccc2c1=O. The van der Waals surface area contributed by atoms with E-state index in [1.165, 1.54) is 12.7 Å². The molecular weight excluding hydrogens is 366 g/mol. The van der Waals surface area contributed by atoms with Crippen molar-refractivity contribution >= 4 is 16.9 Å². The lowest BCUT2D eigenvalue weighted by Crippen LogP contribution is -2.32. The van der Waals surface area contributed by atoms with Gasteiger partial charge < -0.3 is 10.1 Å². The summed E-state index contributed by atoms with van der Waals surface area (Å²) in [5, 5.41) is 4.06. The lowest BCUT2D eigenvalue weighted by molar-refractivity contribution is -0.140. The molecule has 152 valence electrons. The number of fused-ring (bicyclic) bond motifs is 1. The molecule has 0 aliphatic carbocycles. The van der Waals surface area contributed by atoms with Crippen molar-refractivity contribution in [3.05, 3.63) is 76.3 Å². The second kappa shape index (κ2) is 9.98. The largest absolute Gasteiger partial charge is 0.469 e. The van der Waals surface area contributed by atoms with Crippen molar-refractivity contribution in [3.63, 3.8) is 0 Å². The van der Waals surface area contributed by atoms with E-state index in [1.807, 2.05) is 43.3 Å². The highest BCUT2D eigenvalue weighted by molar-refractivity contribution is 5.77. The lowest BCUT2D eigenvalue weighted by Gasteiger charge is -2.19. The first kappa shape index (κ1) is 20.7. The van der Waals surface area contributed by atoms with Crippen LogP contribution in [0.5, 0.6) is 0 Å². The van der Waals surface area contributed by atoms with E-state index in [4.69, 9.17) is 9.72 Å². The first-order valence-corrected chi connectivity index (χ1v) is 9.93. The Morgan fingerprint density at radius 2 is 1.86 bits per heavy atom. The number of methoxy groups -OCH3 is 1. The van der Waals surface area contributed by atoms with Crippen LogP contribution in [0.25, 0.3) is 10.9 Å². The molecule has 0 saturated heterocycles. The van der Waals surface area contributed by atoms with Crippen molar-refractivity contribution < 1.29 is 9.53 Å². The number of aromatic nitrogens is 2. The zero-order valence-corrected chi connectivity index (χ0v) is 16.9. The highest BCUT2D eigenvalue weighted by Crippen LogP contribution is 2.15. The summed E-state index contributed by atoms with van der Waals surface area (Å²) in [4.78, 5) is 29.3. The number of benzene rings is 2. The fraction of sp³-hybridized carbons (Fsp3) is 0.348. The summed E-state index contributed by atoms with van der Waals surface area (Å²) < 4.78 is 6.39. The maximum Gasteiger partial charge on any atom is 0.305 e. The average molecular weight is 393 g/mol. The summed E-state index contributed by atoms with van der Waals surface area (Å²) >= 11 is 0. The summed E-state index contributed by atoms with van der Waals surface area (Å²) in [6.45, 7) is 3.21. The second-order valence-corrected chi connectivity index (χ2v) is 7.04. The molecule has 6 heteroatoms. The molecule has 0 fully saturated rings. The Balaban J connectivity index is 1.80. The molecule has 0 radical (unpaired) electrons. The minimum atomic E-state index is -0.276. The standard InChI is InChI=1S/C23H27N3O3/c1-17(24-15-14-18-9-4-3-5-10-18)22-25-20-12-7-6-11-19(20)23(28)26(22)16-8-13-21(27)29-2/h3-7,9-12,17,24H,8,13-16H2,1-2H3. The zero-order valence-electron chi connectivity index (χ0n) is 16.9. The van der Waals surface area contributed by atoms with Gasteiger partial charge in [-0.2, -0.15) is 0 Å². The van der Waals surface area contributed by atoms with Gasteiger partial charge in [-0.25, -0.2) is 4.98 Å². The number of rotatable bonds is 9. The second-order valence-electron chi connectivity index (χ2n) is 7.04. The number of hydrogen-bond acceptors (Lipinski definition) is 5. The van der Waals surface area contributed by atoms with Gasteiger partial charge in [-0.1, -0.05) is 42.5 Å². The Kier molecular flexibility index (Phi) is 7.14. The number of esters is 1. The molecule has 3 aromatic rings. The Morgan fingerprint density at radius 3 is 2.62 bits per heavy atom. The monoisotopic (exact) mass is 393 g/mol. The smallest absolute Gasteiger partial charge is 0.305 e. The van der Waals surface area contributed by atoms with E-state index in [2.05, 4.69) is 17.4 Å². The van der Waals surface area contributed by atoms with Crippen LogP contribution in [-0.4, -0.2) is 29.2 Å². The van der Waals surface area contributed by atoms with Crippen molar-refractivity contribution in [2.75, 3.05) is 13.7 Å². The molecule has 1 unspecified atom stereocenters. The molecule has 6 nitrogen and oxygen atoms in total. The molecule has 1 aromatic heterocycles. The third-order valence-corrected chi connectivity index (χ3v) is 4.98. The van der Waals surface area contributed by atoms with E-state index in [9.17, 15) is 9.59 Å². The van der Waals surface area contributed by atoms with Crippen LogP contribution in [0, 0.1) is 0 Å². The van der Waals surface area contributed by atoms with Gasteiger partial charge >= 0.3 is 5.97 Å². The number of carbonyl (C=O) groups excluding carboxylic acids is 1. The van der Waals surface area contributed by atoms with Gasteiger partial charge in [0.25, 0.3) is 5.56 Å². The van der Waals surface area contributed by atoms with Gasteiger partial charge in [-0.3, -0.25) is 14.2 Å². The van der Waals surface area contributed by atoms with Crippen LogP contribution in [0.2, 0.25) is 0 Å². The van der Waals surface area contributed by atoms with Gasteiger partial charge in [0.15, 0.2) is 0 Å². The van der Waals surface area contributed by atoms with Gasteiger partial charge in [0, 0.05) is 13.0 Å². The van der Waals surface area contributed by atoms with Crippen molar-refractivity contribution in [1.82, 2.24) is 14.9 Å². The summed E-state index contributed by atoms with van der Waals surface area (Å²) in [5.41, 5.74) is 1.87. The van der Waals surface area contributed by atoms with E-state index in [0.29, 0.717) is 29.7 Å². The quantitative estimate of drug-likeness (QED) is 0.565. The normalized spacial score (nSPS) is 12.1. The number of nitrogens with one attached hydrogen (secondary N) is 1. The molecule has 0 amide bonds. The first-order chi connectivity index (χ1) is 14.1. The highest BCUT2D eigenvalue weighted by atomic mass is 16.5. The van der Waals surface area contributed by atoms with Crippen molar-refractivity contribution in [2.24, 2.45) is 0 Å². The summed E-state index contributed by atoms with van der Waals surface area (Å²) in [6, 6.07) is 17.5. The van der Waals surface area contributed by atoms with Crippen LogP contribution in [-0.2, 0) is 22.5 Å². The van der Waals surface area contributed by atoms with E-state index < -0.39 is 0 Å². The van der Waals surface area contributed by atoms with Crippen LogP contribution < -0.4 is 10.9 Å². The minimum Gasteiger partial charge on any atom is -0.469 e. The summed E-state index contributed by atoms with van der Waals surface area (Å²) in [7, 11) is 1.37. The number of carbonyl (C=O) groups is 1. The minimum absolute atomic E-state index is 0.0767. The van der Waals surface area contributed by atoms with Crippen LogP contribution in [0.3, 0.4) is 0 Å². The topological polar surface area (TPSA) is 73.2 Å². The molecule has 1 N–H and O–H groups in total. The fourth-order valence-corrected chi connectivity index (χ4v) is 3.38. The van der Waals surface area contributed by atoms with Gasteiger partial charge in [0.05, 0.1) is 24.1 Å². The number of nitrogens with zero attached hydrogens (tertiary/aromatic N) is 2. The Hall–Kier alpha value is -2.99. The molecule has 0 saturated carbocycles. The zero-order chi connectivity index (χ0) is 20.6. The molecule has 0 aliphatic rings. The molecule has 2 aromatic carbocycles. The van der Waals surface area contributed by atoms with Crippen LogP contribution in [0.15, 0.2) is 59.4 Å². The van der Waals surface area contributed by atoms with Crippen molar-refractivity contribution in [2.45, 2.75) is 38.8 Å². The lowest BCUT2D eigenvalue weighted by atomic mass is 10.1. The van der Waals surface area contributed by atoms with Crippen LogP contribution in [0.4, 0.5) is 0 Å². The van der Waals surface area contributed by atoms with Gasteiger partial charge in [-0.05, 0) is 44.0 Å². The summed E-state index contributed by atoms with van der Waals surface area (Å²) in [6.07, 6.45) is 1.69. The number of hydrogen-bond donors (Lipinski definition) is 1. The number of ether oxygens (including phenoxy) is 1. The van der Waals surface area contributed by atoms with Gasteiger partial charge in [-0.15, -0.1) is 0 Å².